The van der Waals surface area contributed by atoms with Crippen molar-refractivity contribution in [2.45, 2.75) is 19.2 Å². The van der Waals surface area contributed by atoms with Crippen molar-refractivity contribution in [3.63, 3.8) is 0 Å². The zero-order chi connectivity index (χ0) is 16.4. The molecule has 118 valence electrons. The Balaban J connectivity index is 2.02. The smallest absolute Gasteiger partial charge is 0.203 e. The molecule has 0 saturated heterocycles. The molecular formula is C18H18ClN3O. The van der Waals surface area contributed by atoms with Gasteiger partial charge in [-0.1, -0.05) is 41.9 Å². The molecule has 3 rings (SSSR count). The minimum Gasteiger partial charge on any atom is -0.387 e. The fourth-order valence-electron chi connectivity index (χ4n) is 2.76. The average molecular weight is 328 g/mol. The minimum absolute atomic E-state index is 0.311. The van der Waals surface area contributed by atoms with Crippen LogP contribution in [-0.4, -0.2) is 14.2 Å². The highest BCUT2D eigenvalue weighted by Crippen LogP contribution is 2.20. The Morgan fingerprint density at radius 1 is 1.09 bits per heavy atom. The van der Waals surface area contributed by atoms with Crippen molar-refractivity contribution in [2.75, 3.05) is 0 Å². The lowest BCUT2D eigenvalue weighted by molar-refractivity contribution is 0.156. The van der Waals surface area contributed by atoms with E-state index in [1.54, 1.807) is 30.3 Å². The monoisotopic (exact) mass is 327 g/mol. The maximum Gasteiger partial charge on any atom is 0.203 e. The summed E-state index contributed by atoms with van der Waals surface area (Å²) in [6.07, 6.45) is 1.06. The highest BCUT2D eigenvalue weighted by Gasteiger charge is 2.14. The Bertz CT molecular complexity index is 893. The predicted octanol–water partition coefficient (Wildman–Crippen LogP) is 3.50. The SMILES string of the molecule is C=CCn1c(=N)n(C[C@@H](O)c2ccc(Cl)cc2)c2ccccc21. The van der Waals surface area contributed by atoms with Crippen molar-refractivity contribution in [3.05, 3.63) is 77.4 Å². The Labute approximate surface area is 139 Å². The van der Waals surface area contributed by atoms with Crippen molar-refractivity contribution in [2.24, 2.45) is 0 Å². The number of fused-ring (bicyclic) bond motifs is 1. The van der Waals surface area contributed by atoms with Gasteiger partial charge in [0.05, 0.1) is 23.7 Å². The summed E-state index contributed by atoms with van der Waals surface area (Å²) >= 11 is 5.89. The number of aliphatic hydroxyl groups excluding tert-OH is 1. The van der Waals surface area contributed by atoms with Crippen LogP contribution in [0.3, 0.4) is 0 Å². The molecule has 2 aromatic carbocycles. The molecule has 1 heterocycles. The number of aliphatic hydroxyl groups is 1. The molecular weight excluding hydrogens is 310 g/mol. The summed E-state index contributed by atoms with van der Waals surface area (Å²) in [7, 11) is 0. The van der Waals surface area contributed by atoms with Crippen molar-refractivity contribution >= 4 is 22.6 Å². The molecule has 1 atom stereocenters. The zero-order valence-corrected chi connectivity index (χ0v) is 13.4. The lowest BCUT2D eigenvalue weighted by atomic mass is 10.1. The van der Waals surface area contributed by atoms with Crippen LogP contribution in [0.25, 0.3) is 11.0 Å². The summed E-state index contributed by atoms with van der Waals surface area (Å²) in [5.74, 6) is 0. The van der Waals surface area contributed by atoms with Gasteiger partial charge in [-0.15, -0.1) is 6.58 Å². The third kappa shape index (κ3) is 2.96. The topological polar surface area (TPSA) is 53.9 Å². The number of hydrogen-bond donors (Lipinski definition) is 2. The van der Waals surface area contributed by atoms with Gasteiger partial charge in [0.25, 0.3) is 0 Å². The van der Waals surface area contributed by atoms with Crippen molar-refractivity contribution < 1.29 is 5.11 Å². The fourth-order valence-corrected chi connectivity index (χ4v) is 2.88. The Hall–Kier alpha value is -2.30. The first-order valence-corrected chi connectivity index (χ1v) is 7.76. The molecule has 2 N–H and O–H groups in total. The summed E-state index contributed by atoms with van der Waals surface area (Å²) < 4.78 is 3.69. The van der Waals surface area contributed by atoms with E-state index < -0.39 is 6.10 Å². The Morgan fingerprint density at radius 3 is 2.30 bits per heavy atom. The van der Waals surface area contributed by atoms with E-state index in [9.17, 15) is 5.11 Å². The van der Waals surface area contributed by atoms with Crippen molar-refractivity contribution in [3.8, 4) is 0 Å². The molecule has 23 heavy (non-hydrogen) atoms. The van der Waals surface area contributed by atoms with Crippen molar-refractivity contribution in [1.82, 2.24) is 9.13 Å². The van der Waals surface area contributed by atoms with Crippen LogP contribution in [0.1, 0.15) is 11.7 Å². The minimum atomic E-state index is -0.704. The second-order valence-corrected chi connectivity index (χ2v) is 5.83. The Morgan fingerprint density at radius 2 is 1.70 bits per heavy atom. The Kier molecular flexibility index (Phi) is 4.37. The maximum atomic E-state index is 10.5. The van der Waals surface area contributed by atoms with Gasteiger partial charge in [-0.2, -0.15) is 0 Å². The number of allylic oxidation sites excluding steroid dienone is 1. The number of aromatic nitrogens is 2. The van der Waals surface area contributed by atoms with Gasteiger partial charge in [0.1, 0.15) is 0 Å². The van der Waals surface area contributed by atoms with Crippen LogP contribution in [0.4, 0.5) is 0 Å². The van der Waals surface area contributed by atoms with Gasteiger partial charge in [-0.3, -0.25) is 5.41 Å². The van der Waals surface area contributed by atoms with Gasteiger partial charge in [-0.05, 0) is 29.8 Å². The molecule has 3 aromatic rings. The van der Waals surface area contributed by atoms with Crippen LogP contribution in [0.2, 0.25) is 5.02 Å². The van der Waals surface area contributed by atoms with Crippen LogP contribution in [0, 0.1) is 5.41 Å². The third-order valence-electron chi connectivity index (χ3n) is 3.90. The number of benzene rings is 2. The number of para-hydroxylation sites is 2. The first-order chi connectivity index (χ1) is 11.1. The summed E-state index contributed by atoms with van der Waals surface area (Å²) in [5, 5.41) is 19.6. The zero-order valence-electron chi connectivity index (χ0n) is 12.6. The van der Waals surface area contributed by atoms with E-state index in [-0.39, 0.29) is 0 Å². The molecule has 0 amide bonds. The highest BCUT2D eigenvalue weighted by molar-refractivity contribution is 6.30. The molecule has 0 spiro atoms. The van der Waals surface area contributed by atoms with Gasteiger partial charge < -0.3 is 14.2 Å². The van der Waals surface area contributed by atoms with Crippen LogP contribution < -0.4 is 5.62 Å². The van der Waals surface area contributed by atoms with Crippen LogP contribution in [0.5, 0.6) is 0 Å². The quantitative estimate of drug-likeness (QED) is 0.692. The van der Waals surface area contributed by atoms with E-state index in [0.29, 0.717) is 23.7 Å². The number of imidazole rings is 1. The van der Waals surface area contributed by atoms with Crippen LogP contribution in [0.15, 0.2) is 61.2 Å². The van der Waals surface area contributed by atoms with Gasteiger partial charge in [0.2, 0.25) is 5.62 Å². The van der Waals surface area contributed by atoms with E-state index in [1.807, 2.05) is 33.4 Å². The highest BCUT2D eigenvalue weighted by atomic mass is 35.5. The molecule has 1 aromatic heterocycles. The number of nitrogens with zero attached hydrogens (tertiary/aromatic N) is 2. The maximum absolute atomic E-state index is 10.5. The molecule has 0 unspecified atom stereocenters. The summed E-state index contributed by atoms with van der Waals surface area (Å²) in [6, 6.07) is 14.9. The molecule has 0 aliphatic heterocycles. The second-order valence-electron chi connectivity index (χ2n) is 5.39. The summed E-state index contributed by atoms with van der Waals surface area (Å²) in [4.78, 5) is 0. The lowest BCUT2D eigenvalue weighted by Crippen LogP contribution is -2.26. The van der Waals surface area contributed by atoms with E-state index in [2.05, 4.69) is 6.58 Å². The predicted molar refractivity (Wildman–Crippen MR) is 92.4 cm³/mol. The standard InChI is InChI=1S/C18H18ClN3O/c1-2-11-21-15-5-3-4-6-16(15)22(18(21)20)12-17(23)13-7-9-14(19)10-8-13/h2-10,17,20,23H,1,11-12H2/t17-/m1/s1. The fraction of sp³-hybridized carbons (Fsp3) is 0.167. The number of halogens is 1. The molecule has 0 radical (unpaired) electrons. The van der Waals surface area contributed by atoms with E-state index in [4.69, 9.17) is 17.0 Å². The van der Waals surface area contributed by atoms with E-state index >= 15 is 0 Å². The van der Waals surface area contributed by atoms with E-state index in [1.165, 1.54) is 0 Å². The normalized spacial score (nSPS) is 12.4. The van der Waals surface area contributed by atoms with Crippen LogP contribution >= 0.6 is 11.6 Å². The third-order valence-corrected chi connectivity index (χ3v) is 4.15. The largest absolute Gasteiger partial charge is 0.387 e. The molecule has 0 bridgehead atoms. The van der Waals surface area contributed by atoms with E-state index in [0.717, 1.165) is 16.6 Å². The molecule has 0 aliphatic rings. The number of nitrogens with one attached hydrogen (secondary N) is 1. The first-order valence-electron chi connectivity index (χ1n) is 7.39. The lowest BCUT2D eigenvalue weighted by Gasteiger charge is -2.13. The van der Waals surface area contributed by atoms with Gasteiger partial charge >= 0.3 is 0 Å². The molecule has 0 fully saturated rings. The van der Waals surface area contributed by atoms with Crippen molar-refractivity contribution in [1.29, 1.82) is 5.41 Å². The number of hydrogen-bond acceptors (Lipinski definition) is 2. The summed E-state index contributed by atoms with van der Waals surface area (Å²) in [5.41, 5.74) is 3.01. The summed E-state index contributed by atoms with van der Waals surface area (Å²) in [6.45, 7) is 4.62. The molecule has 5 heteroatoms. The molecule has 0 saturated carbocycles. The van der Waals surface area contributed by atoms with Gasteiger partial charge in [0, 0.05) is 11.6 Å². The number of rotatable bonds is 5. The molecule has 4 nitrogen and oxygen atoms in total. The average Bonchev–Trinajstić information content (AvgIpc) is 2.82. The second kappa shape index (κ2) is 6.44. The van der Waals surface area contributed by atoms with Gasteiger partial charge in [0.15, 0.2) is 0 Å². The van der Waals surface area contributed by atoms with Crippen LogP contribution in [-0.2, 0) is 13.1 Å². The first kappa shape index (κ1) is 15.6. The molecule has 0 aliphatic carbocycles. The van der Waals surface area contributed by atoms with Gasteiger partial charge in [-0.25, -0.2) is 0 Å².